The van der Waals surface area contributed by atoms with E-state index in [0.29, 0.717) is 24.8 Å². The van der Waals surface area contributed by atoms with Crippen molar-refractivity contribution in [1.29, 1.82) is 0 Å². The summed E-state index contributed by atoms with van der Waals surface area (Å²) in [6.07, 6.45) is 0. The third-order valence-electron chi connectivity index (χ3n) is 4.58. The summed E-state index contributed by atoms with van der Waals surface area (Å²) >= 11 is 0. The number of benzene rings is 1. The number of carbonyl (C=O) groups excluding carboxylic acids is 1. The first-order chi connectivity index (χ1) is 12.0. The maximum absolute atomic E-state index is 12.6. The Morgan fingerprint density at radius 3 is 2.64 bits per heavy atom. The van der Waals surface area contributed by atoms with Crippen LogP contribution in [0.4, 0.5) is 0 Å². The number of piperazine rings is 1. The highest BCUT2D eigenvalue weighted by molar-refractivity contribution is 5.78. The van der Waals surface area contributed by atoms with E-state index in [1.165, 1.54) is 0 Å². The number of aryl methyl sites for hydroxylation is 3. The second-order valence-electron chi connectivity index (χ2n) is 6.53. The Balaban J connectivity index is 1.64. The summed E-state index contributed by atoms with van der Waals surface area (Å²) in [4.78, 5) is 20.8. The molecule has 2 heterocycles. The molecular formula is C18H24N4O3. The van der Waals surface area contributed by atoms with E-state index in [9.17, 15) is 4.79 Å². The van der Waals surface area contributed by atoms with Crippen LogP contribution in [0.1, 0.15) is 28.9 Å². The Hall–Kier alpha value is -2.41. The third kappa shape index (κ3) is 3.82. The van der Waals surface area contributed by atoms with Crippen LogP contribution in [0.25, 0.3) is 0 Å². The minimum atomic E-state index is -0.0842. The van der Waals surface area contributed by atoms with Gasteiger partial charge in [0, 0.05) is 19.6 Å². The van der Waals surface area contributed by atoms with E-state index in [4.69, 9.17) is 9.26 Å². The van der Waals surface area contributed by atoms with Gasteiger partial charge >= 0.3 is 0 Å². The number of carbonyl (C=O) groups is 1. The molecule has 0 unspecified atom stereocenters. The van der Waals surface area contributed by atoms with Crippen molar-refractivity contribution in [3.05, 3.63) is 41.0 Å². The largest absolute Gasteiger partial charge is 0.483 e. The second-order valence-corrected chi connectivity index (χ2v) is 6.53. The van der Waals surface area contributed by atoms with Crippen molar-refractivity contribution in [3.63, 3.8) is 0 Å². The summed E-state index contributed by atoms with van der Waals surface area (Å²) in [7, 11) is 2.00. The molecule has 1 atom stereocenters. The van der Waals surface area contributed by atoms with Gasteiger partial charge < -0.3 is 14.2 Å². The Morgan fingerprint density at radius 1 is 1.28 bits per heavy atom. The highest BCUT2D eigenvalue weighted by Gasteiger charge is 2.32. The lowest BCUT2D eigenvalue weighted by molar-refractivity contribution is -0.136. The van der Waals surface area contributed by atoms with Crippen molar-refractivity contribution in [3.8, 4) is 5.75 Å². The molecule has 1 aliphatic heterocycles. The molecule has 134 valence electrons. The topological polar surface area (TPSA) is 71.7 Å². The molecule has 1 aliphatic rings. The molecular weight excluding hydrogens is 320 g/mol. The van der Waals surface area contributed by atoms with Crippen LogP contribution in [0.5, 0.6) is 5.75 Å². The Morgan fingerprint density at radius 2 is 2.00 bits per heavy atom. The summed E-state index contributed by atoms with van der Waals surface area (Å²) in [5.74, 6) is 1.91. The van der Waals surface area contributed by atoms with E-state index in [1.54, 1.807) is 11.8 Å². The molecule has 1 amide bonds. The molecule has 25 heavy (non-hydrogen) atoms. The molecule has 0 saturated carbocycles. The summed E-state index contributed by atoms with van der Waals surface area (Å²) in [5.41, 5.74) is 2.07. The number of hydrogen-bond acceptors (Lipinski definition) is 6. The average Bonchev–Trinajstić information content (AvgIpc) is 3.01. The molecule has 0 bridgehead atoms. The molecule has 1 saturated heterocycles. The third-order valence-corrected chi connectivity index (χ3v) is 4.58. The molecule has 7 nitrogen and oxygen atoms in total. The van der Waals surface area contributed by atoms with Gasteiger partial charge in [-0.3, -0.25) is 9.69 Å². The van der Waals surface area contributed by atoms with Crippen LogP contribution in [-0.4, -0.2) is 59.1 Å². The zero-order valence-corrected chi connectivity index (χ0v) is 15.2. The van der Waals surface area contributed by atoms with Gasteiger partial charge in [0.25, 0.3) is 5.91 Å². The first kappa shape index (κ1) is 17.4. The van der Waals surface area contributed by atoms with Crippen LogP contribution < -0.4 is 4.74 Å². The standard InChI is InChI=1S/C18H24N4O3/c1-12-6-5-7-13(2)17(12)24-11-16(23)22-9-8-21(4)15(10-22)18-19-14(3)20-25-18/h5-7,15H,8-11H2,1-4H3/t15-/m1/s1. The number of nitrogens with zero attached hydrogens (tertiary/aromatic N) is 4. The predicted molar refractivity (Wildman–Crippen MR) is 92.4 cm³/mol. The number of ether oxygens (including phenoxy) is 1. The highest BCUT2D eigenvalue weighted by Crippen LogP contribution is 2.24. The van der Waals surface area contributed by atoms with Crippen LogP contribution in [0.3, 0.4) is 0 Å². The van der Waals surface area contributed by atoms with Crippen molar-refractivity contribution >= 4 is 5.91 Å². The number of hydrogen-bond donors (Lipinski definition) is 0. The molecule has 0 N–H and O–H groups in total. The number of aromatic nitrogens is 2. The van der Waals surface area contributed by atoms with E-state index in [0.717, 1.165) is 23.4 Å². The lowest BCUT2D eigenvalue weighted by atomic mass is 10.1. The lowest BCUT2D eigenvalue weighted by Gasteiger charge is -2.37. The van der Waals surface area contributed by atoms with Crippen LogP contribution in [-0.2, 0) is 4.79 Å². The molecule has 3 rings (SSSR count). The normalized spacial score (nSPS) is 18.4. The van der Waals surface area contributed by atoms with Gasteiger partial charge in [-0.15, -0.1) is 0 Å². The molecule has 0 radical (unpaired) electrons. The monoisotopic (exact) mass is 344 g/mol. The van der Waals surface area contributed by atoms with Crippen molar-refractivity contribution in [1.82, 2.24) is 19.9 Å². The Bertz CT molecular complexity index is 738. The van der Waals surface area contributed by atoms with Crippen LogP contribution >= 0.6 is 0 Å². The fraction of sp³-hybridized carbons (Fsp3) is 0.500. The molecule has 0 spiro atoms. The minimum Gasteiger partial charge on any atom is -0.483 e. The van der Waals surface area contributed by atoms with E-state index in [-0.39, 0.29) is 18.6 Å². The van der Waals surface area contributed by atoms with E-state index in [1.807, 2.05) is 39.1 Å². The smallest absolute Gasteiger partial charge is 0.260 e. The van der Waals surface area contributed by atoms with Gasteiger partial charge in [-0.25, -0.2) is 0 Å². The predicted octanol–water partition coefficient (Wildman–Crippen LogP) is 1.89. The molecule has 0 aliphatic carbocycles. The quantitative estimate of drug-likeness (QED) is 0.843. The summed E-state index contributed by atoms with van der Waals surface area (Å²) in [6, 6.07) is 5.86. The fourth-order valence-electron chi connectivity index (χ4n) is 3.07. The van der Waals surface area contributed by atoms with Gasteiger partial charge in [-0.1, -0.05) is 23.4 Å². The number of rotatable bonds is 4. The molecule has 7 heteroatoms. The first-order valence-electron chi connectivity index (χ1n) is 8.43. The van der Waals surface area contributed by atoms with Gasteiger partial charge in [0.15, 0.2) is 12.4 Å². The van der Waals surface area contributed by atoms with Gasteiger partial charge in [0.1, 0.15) is 11.8 Å². The second kappa shape index (κ2) is 7.23. The maximum Gasteiger partial charge on any atom is 0.260 e. The fourth-order valence-corrected chi connectivity index (χ4v) is 3.07. The van der Waals surface area contributed by atoms with Gasteiger partial charge in [-0.2, -0.15) is 4.98 Å². The van der Waals surface area contributed by atoms with Crippen molar-refractivity contribution in [2.45, 2.75) is 26.8 Å². The zero-order chi connectivity index (χ0) is 18.0. The number of likely N-dealkylation sites (N-methyl/N-ethyl adjacent to an activating group) is 1. The maximum atomic E-state index is 12.6. The van der Waals surface area contributed by atoms with Gasteiger partial charge in [0.05, 0.1) is 0 Å². The molecule has 1 fully saturated rings. The number of amides is 1. The molecule has 1 aromatic heterocycles. The Kier molecular flexibility index (Phi) is 5.03. The summed E-state index contributed by atoms with van der Waals surface area (Å²) in [6.45, 7) is 7.72. The van der Waals surface area contributed by atoms with E-state index in [2.05, 4.69) is 15.0 Å². The summed E-state index contributed by atoms with van der Waals surface area (Å²) < 4.78 is 11.1. The minimum absolute atomic E-state index is 0.0306. The van der Waals surface area contributed by atoms with Gasteiger partial charge in [0.2, 0.25) is 5.89 Å². The van der Waals surface area contributed by atoms with Crippen LogP contribution in [0.2, 0.25) is 0 Å². The van der Waals surface area contributed by atoms with Crippen molar-refractivity contribution in [2.24, 2.45) is 0 Å². The first-order valence-corrected chi connectivity index (χ1v) is 8.43. The lowest BCUT2D eigenvalue weighted by Crippen LogP contribution is -2.50. The van der Waals surface area contributed by atoms with E-state index < -0.39 is 0 Å². The zero-order valence-electron chi connectivity index (χ0n) is 15.2. The SMILES string of the molecule is Cc1noc([C@H]2CN(C(=O)COc3c(C)cccc3C)CCN2C)n1. The van der Waals surface area contributed by atoms with Crippen molar-refractivity contribution in [2.75, 3.05) is 33.3 Å². The molecule has 2 aromatic rings. The van der Waals surface area contributed by atoms with Gasteiger partial charge in [-0.05, 0) is 38.9 Å². The molecule has 1 aromatic carbocycles. The van der Waals surface area contributed by atoms with Crippen LogP contribution in [0, 0.1) is 20.8 Å². The van der Waals surface area contributed by atoms with Crippen molar-refractivity contribution < 1.29 is 14.1 Å². The van der Waals surface area contributed by atoms with Crippen LogP contribution in [0.15, 0.2) is 22.7 Å². The van der Waals surface area contributed by atoms with E-state index >= 15 is 0 Å². The Labute approximate surface area is 147 Å². The average molecular weight is 344 g/mol. The summed E-state index contributed by atoms with van der Waals surface area (Å²) in [5, 5.41) is 3.85. The number of para-hydroxylation sites is 1. The highest BCUT2D eigenvalue weighted by atomic mass is 16.5.